The quantitative estimate of drug-likeness (QED) is 0.818. The van der Waals surface area contributed by atoms with Crippen molar-refractivity contribution in [2.24, 2.45) is 5.73 Å². The van der Waals surface area contributed by atoms with Gasteiger partial charge in [-0.1, -0.05) is 13.0 Å². The van der Waals surface area contributed by atoms with Crippen LogP contribution >= 0.6 is 0 Å². The molecule has 0 spiro atoms. The number of aryl methyl sites for hydroxylation is 1. The van der Waals surface area contributed by atoms with Crippen molar-refractivity contribution >= 4 is 5.78 Å². The van der Waals surface area contributed by atoms with Crippen LogP contribution in [0.25, 0.3) is 0 Å². The zero-order valence-corrected chi connectivity index (χ0v) is 10.3. The van der Waals surface area contributed by atoms with Crippen LogP contribution in [0.15, 0.2) is 34.9 Å². The lowest BCUT2D eigenvalue weighted by atomic mass is 10.1. The van der Waals surface area contributed by atoms with Gasteiger partial charge in [0.05, 0.1) is 13.0 Å². The third-order valence-corrected chi connectivity index (χ3v) is 2.77. The summed E-state index contributed by atoms with van der Waals surface area (Å²) in [5.74, 6) is 0.885. The van der Waals surface area contributed by atoms with E-state index in [1.54, 1.807) is 18.3 Å². The van der Waals surface area contributed by atoms with E-state index >= 15 is 0 Å². The van der Waals surface area contributed by atoms with Gasteiger partial charge in [-0.2, -0.15) is 0 Å². The summed E-state index contributed by atoms with van der Waals surface area (Å²) in [6.07, 6.45) is 3.00. The SMILES string of the molecule is CCc1ccc(CC(=O)c2ccc(CN)o2)nc1. The second-order valence-corrected chi connectivity index (χ2v) is 4.08. The molecule has 0 amide bonds. The van der Waals surface area contributed by atoms with Crippen LogP contribution < -0.4 is 5.73 Å². The fraction of sp³-hybridized carbons (Fsp3) is 0.286. The van der Waals surface area contributed by atoms with Gasteiger partial charge in [-0.25, -0.2) is 0 Å². The first kappa shape index (κ1) is 12.5. The molecule has 0 radical (unpaired) electrons. The van der Waals surface area contributed by atoms with E-state index in [1.165, 1.54) is 0 Å². The van der Waals surface area contributed by atoms with Gasteiger partial charge in [-0.15, -0.1) is 0 Å². The largest absolute Gasteiger partial charge is 0.457 e. The number of aromatic nitrogens is 1. The third-order valence-electron chi connectivity index (χ3n) is 2.77. The average Bonchev–Trinajstić information content (AvgIpc) is 2.88. The van der Waals surface area contributed by atoms with Gasteiger partial charge in [0.1, 0.15) is 5.76 Å². The number of pyridine rings is 1. The number of carbonyl (C=O) groups excluding carboxylic acids is 1. The Balaban J connectivity index is 2.06. The van der Waals surface area contributed by atoms with E-state index in [-0.39, 0.29) is 12.2 Å². The minimum absolute atomic E-state index is 0.0774. The second kappa shape index (κ2) is 5.60. The molecule has 0 atom stereocenters. The molecule has 4 heteroatoms. The molecule has 0 aliphatic rings. The Labute approximate surface area is 106 Å². The zero-order valence-electron chi connectivity index (χ0n) is 10.3. The van der Waals surface area contributed by atoms with E-state index in [4.69, 9.17) is 10.2 Å². The zero-order chi connectivity index (χ0) is 13.0. The van der Waals surface area contributed by atoms with Crippen LogP contribution in [0.3, 0.4) is 0 Å². The number of nitrogens with zero attached hydrogens (tertiary/aromatic N) is 1. The Morgan fingerprint density at radius 1 is 1.33 bits per heavy atom. The van der Waals surface area contributed by atoms with Crippen molar-refractivity contribution in [3.05, 3.63) is 53.2 Å². The van der Waals surface area contributed by atoms with E-state index in [0.29, 0.717) is 18.1 Å². The number of Topliss-reactive ketones (excluding diaryl/α,β-unsaturated/α-hetero) is 1. The molecule has 2 rings (SSSR count). The number of rotatable bonds is 5. The number of carbonyl (C=O) groups is 1. The molecule has 2 aromatic rings. The van der Waals surface area contributed by atoms with Gasteiger partial charge in [0.2, 0.25) is 5.78 Å². The number of hydrogen-bond acceptors (Lipinski definition) is 4. The lowest BCUT2D eigenvalue weighted by molar-refractivity contribution is 0.0963. The van der Waals surface area contributed by atoms with E-state index in [9.17, 15) is 4.79 Å². The third kappa shape index (κ3) is 2.84. The summed E-state index contributed by atoms with van der Waals surface area (Å²) in [5.41, 5.74) is 7.34. The minimum Gasteiger partial charge on any atom is -0.457 e. The molecule has 0 aliphatic carbocycles. The van der Waals surface area contributed by atoms with Crippen molar-refractivity contribution in [1.29, 1.82) is 0 Å². The van der Waals surface area contributed by atoms with Gasteiger partial charge < -0.3 is 10.2 Å². The first-order valence-electron chi connectivity index (χ1n) is 5.98. The molecule has 94 valence electrons. The highest BCUT2D eigenvalue weighted by molar-refractivity contribution is 5.94. The predicted octanol–water partition coefficient (Wildman–Crippen LogP) is 2.12. The fourth-order valence-electron chi connectivity index (χ4n) is 1.66. The van der Waals surface area contributed by atoms with Crippen LogP contribution in [-0.4, -0.2) is 10.8 Å². The molecular formula is C14H16N2O2. The molecule has 2 aromatic heterocycles. The summed E-state index contributed by atoms with van der Waals surface area (Å²) in [6, 6.07) is 7.25. The maximum Gasteiger partial charge on any atom is 0.203 e. The second-order valence-electron chi connectivity index (χ2n) is 4.08. The van der Waals surface area contributed by atoms with Crippen LogP contribution in [0.2, 0.25) is 0 Å². The van der Waals surface area contributed by atoms with E-state index in [2.05, 4.69) is 11.9 Å². The number of nitrogens with two attached hydrogens (primary N) is 1. The van der Waals surface area contributed by atoms with E-state index < -0.39 is 0 Å². The normalized spacial score (nSPS) is 10.6. The molecular weight excluding hydrogens is 228 g/mol. The number of hydrogen-bond donors (Lipinski definition) is 1. The molecule has 0 bridgehead atoms. The maximum atomic E-state index is 11.9. The van der Waals surface area contributed by atoms with Gasteiger partial charge in [0.25, 0.3) is 0 Å². The molecule has 0 saturated heterocycles. The fourth-order valence-corrected chi connectivity index (χ4v) is 1.66. The van der Waals surface area contributed by atoms with Crippen molar-refractivity contribution in [1.82, 2.24) is 4.98 Å². The Kier molecular flexibility index (Phi) is 3.89. The van der Waals surface area contributed by atoms with Crippen LogP contribution in [0.5, 0.6) is 0 Å². The Bertz CT molecular complexity index is 529. The summed E-state index contributed by atoms with van der Waals surface area (Å²) in [5, 5.41) is 0. The summed E-state index contributed by atoms with van der Waals surface area (Å²) >= 11 is 0. The molecule has 4 nitrogen and oxygen atoms in total. The van der Waals surface area contributed by atoms with Crippen LogP contribution in [0.4, 0.5) is 0 Å². The Hall–Kier alpha value is -1.94. The van der Waals surface area contributed by atoms with Crippen molar-refractivity contribution < 1.29 is 9.21 Å². The van der Waals surface area contributed by atoms with Crippen LogP contribution in [0.1, 0.15) is 34.5 Å². The molecule has 0 aliphatic heterocycles. The smallest absolute Gasteiger partial charge is 0.203 e. The standard InChI is InChI=1S/C14H16N2O2/c1-2-10-3-4-11(16-9-10)7-13(17)14-6-5-12(8-15)18-14/h3-6,9H,2,7-8,15H2,1H3. The number of furan rings is 1. The van der Waals surface area contributed by atoms with Gasteiger partial charge >= 0.3 is 0 Å². The first-order chi connectivity index (χ1) is 8.72. The Morgan fingerprint density at radius 3 is 2.72 bits per heavy atom. The number of ketones is 1. The maximum absolute atomic E-state index is 11.9. The van der Waals surface area contributed by atoms with E-state index in [0.717, 1.165) is 17.7 Å². The molecule has 18 heavy (non-hydrogen) atoms. The topological polar surface area (TPSA) is 69.1 Å². The first-order valence-corrected chi connectivity index (χ1v) is 5.98. The van der Waals surface area contributed by atoms with Crippen molar-refractivity contribution in [3.63, 3.8) is 0 Å². The highest BCUT2D eigenvalue weighted by atomic mass is 16.3. The molecule has 0 fully saturated rings. The summed E-state index contributed by atoms with van der Waals surface area (Å²) in [6.45, 7) is 2.37. The summed E-state index contributed by atoms with van der Waals surface area (Å²) < 4.78 is 5.31. The van der Waals surface area contributed by atoms with Gasteiger partial charge in [-0.3, -0.25) is 9.78 Å². The van der Waals surface area contributed by atoms with Crippen LogP contribution in [0, 0.1) is 0 Å². The van der Waals surface area contributed by atoms with E-state index in [1.807, 2.05) is 12.1 Å². The molecule has 0 saturated carbocycles. The average molecular weight is 244 g/mol. The minimum atomic E-state index is -0.0774. The highest BCUT2D eigenvalue weighted by Crippen LogP contribution is 2.11. The van der Waals surface area contributed by atoms with Gasteiger partial charge in [0.15, 0.2) is 5.76 Å². The van der Waals surface area contributed by atoms with Crippen molar-refractivity contribution in [2.45, 2.75) is 26.3 Å². The molecule has 2 N–H and O–H groups in total. The lowest BCUT2D eigenvalue weighted by Crippen LogP contribution is -2.04. The molecule has 2 heterocycles. The molecule has 0 aromatic carbocycles. The summed E-state index contributed by atoms with van der Waals surface area (Å²) in [7, 11) is 0. The summed E-state index contributed by atoms with van der Waals surface area (Å²) in [4.78, 5) is 16.2. The van der Waals surface area contributed by atoms with Crippen LogP contribution in [-0.2, 0) is 19.4 Å². The van der Waals surface area contributed by atoms with Gasteiger partial charge in [-0.05, 0) is 30.2 Å². The Morgan fingerprint density at radius 2 is 2.17 bits per heavy atom. The highest BCUT2D eigenvalue weighted by Gasteiger charge is 2.12. The molecule has 0 unspecified atom stereocenters. The van der Waals surface area contributed by atoms with Crippen molar-refractivity contribution in [2.75, 3.05) is 0 Å². The van der Waals surface area contributed by atoms with Crippen molar-refractivity contribution in [3.8, 4) is 0 Å². The predicted molar refractivity (Wildman–Crippen MR) is 68.2 cm³/mol. The monoisotopic (exact) mass is 244 g/mol. The van der Waals surface area contributed by atoms with Gasteiger partial charge in [0, 0.05) is 11.9 Å². The lowest BCUT2D eigenvalue weighted by Gasteiger charge is -2.00.